The second kappa shape index (κ2) is 8.62. The quantitative estimate of drug-likeness (QED) is 0.482. The molecule has 3 rings (SSSR count). The van der Waals surface area contributed by atoms with Gasteiger partial charge < -0.3 is 10.1 Å². The molecular formula is C20H14ClNO4S. The second-order valence-corrected chi connectivity index (χ2v) is 7.22. The Morgan fingerprint density at radius 2 is 1.59 bits per heavy atom. The van der Waals surface area contributed by atoms with Gasteiger partial charge in [0.15, 0.2) is 12.4 Å². The second-order valence-electron chi connectivity index (χ2n) is 5.50. The minimum absolute atomic E-state index is 0.238. The lowest BCUT2D eigenvalue weighted by Crippen LogP contribution is -2.14. The average Bonchev–Trinajstić information content (AvgIpc) is 3.13. The van der Waals surface area contributed by atoms with Crippen LogP contribution >= 0.6 is 22.9 Å². The van der Waals surface area contributed by atoms with Crippen molar-refractivity contribution in [3.8, 4) is 0 Å². The highest BCUT2D eigenvalue weighted by Gasteiger charge is 2.14. The van der Waals surface area contributed by atoms with Gasteiger partial charge in [0, 0.05) is 16.8 Å². The molecule has 1 N–H and O–H groups in total. The lowest BCUT2D eigenvalue weighted by atomic mass is 10.1. The van der Waals surface area contributed by atoms with Gasteiger partial charge in [-0.2, -0.15) is 0 Å². The molecule has 2 aromatic carbocycles. The van der Waals surface area contributed by atoms with Gasteiger partial charge in [-0.25, -0.2) is 4.79 Å². The molecule has 0 unspecified atom stereocenters. The molecule has 0 saturated carbocycles. The van der Waals surface area contributed by atoms with Gasteiger partial charge in [0.05, 0.1) is 4.34 Å². The first-order valence-corrected chi connectivity index (χ1v) is 9.14. The number of benzene rings is 2. The van der Waals surface area contributed by atoms with Gasteiger partial charge in [-0.3, -0.25) is 9.59 Å². The van der Waals surface area contributed by atoms with E-state index >= 15 is 0 Å². The zero-order chi connectivity index (χ0) is 19.2. The zero-order valence-electron chi connectivity index (χ0n) is 14.0. The third kappa shape index (κ3) is 5.03. The Morgan fingerprint density at radius 1 is 0.889 bits per heavy atom. The Bertz CT molecular complexity index is 967. The normalized spacial score (nSPS) is 10.3. The molecule has 7 heteroatoms. The SMILES string of the molecule is O=C(COC(=O)c1ccc(Cl)s1)c1ccc(NC(=O)c2ccccc2)cc1. The van der Waals surface area contributed by atoms with Crippen LogP contribution in [0.1, 0.15) is 30.4 Å². The maximum absolute atomic E-state index is 12.2. The number of carbonyl (C=O) groups is 3. The number of hydrogen-bond acceptors (Lipinski definition) is 5. The van der Waals surface area contributed by atoms with Crippen LogP contribution in [0.3, 0.4) is 0 Å². The Morgan fingerprint density at radius 3 is 2.22 bits per heavy atom. The molecule has 0 spiro atoms. The first-order chi connectivity index (χ1) is 13.0. The zero-order valence-corrected chi connectivity index (χ0v) is 15.5. The van der Waals surface area contributed by atoms with E-state index in [9.17, 15) is 14.4 Å². The monoisotopic (exact) mass is 399 g/mol. The number of thiophene rings is 1. The summed E-state index contributed by atoms with van der Waals surface area (Å²) in [6.45, 7) is -0.371. The number of carbonyl (C=O) groups excluding carboxylic acids is 3. The van der Waals surface area contributed by atoms with Crippen molar-refractivity contribution in [2.24, 2.45) is 0 Å². The maximum Gasteiger partial charge on any atom is 0.348 e. The summed E-state index contributed by atoms with van der Waals surface area (Å²) in [5, 5.41) is 2.75. The van der Waals surface area contributed by atoms with Crippen LogP contribution in [0, 0.1) is 0 Å². The molecule has 136 valence electrons. The summed E-state index contributed by atoms with van der Waals surface area (Å²) in [4.78, 5) is 36.4. The van der Waals surface area contributed by atoms with Gasteiger partial charge in [-0.05, 0) is 48.5 Å². The topological polar surface area (TPSA) is 72.5 Å². The first kappa shape index (κ1) is 18.8. The minimum atomic E-state index is -0.591. The van der Waals surface area contributed by atoms with Gasteiger partial charge in [-0.1, -0.05) is 29.8 Å². The van der Waals surface area contributed by atoms with Crippen LogP contribution in [0.2, 0.25) is 4.34 Å². The fraction of sp³-hybridized carbons (Fsp3) is 0.0500. The van der Waals surface area contributed by atoms with Crippen LogP contribution in [0.4, 0.5) is 5.69 Å². The number of ether oxygens (including phenoxy) is 1. The van der Waals surface area contributed by atoms with E-state index in [4.69, 9.17) is 16.3 Å². The Labute approximate surface area is 164 Å². The van der Waals surface area contributed by atoms with Gasteiger partial charge in [0.1, 0.15) is 4.88 Å². The molecule has 27 heavy (non-hydrogen) atoms. The number of ketones is 1. The van der Waals surface area contributed by atoms with Gasteiger partial charge in [0.2, 0.25) is 0 Å². The molecular weight excluding hydrogens is 386 g/mol. The number of Topliss-reactive ketones (excluding diaryl/α,β-unsaturated/α-hetero) is 1. The van der Waals surface area contributed by atoms with E-state index in [1.807, 2.05) is 6.07 Å². The Hall–Kier alpha value is -2.96. The molecule has 1 amide bonds. The molecule has 0 fully saturated rings. The maximum atomic E-state index is 12.2. The van der Waals surface area contributed by atoms with E-state index in [1.165, 1.54) is 0 Å². The van der Waals surface area contributed by atoms with Crippen molar-refractivity contribution < 1.29 is 19.1 Å². The molecule has 5 nitrogen and oxygen atoms in total. The fourth-order valence-electron chi connectivity index (χ4n) is 2.24. The van der Waals surface area contributed by atoms with E-state index < -0.39 is 5.97 Å². The standard InChI is InChI=1S/C20H14ClNO4S/c21-18-11-10-17(27-18)20(25)26-12-16(23)13-6-8-15(9-7-13)22-19(24)14-4-2-1-3-5-14/h1-11H,12H2,(H,22,24). The molecule has 1 aromatic heterocycles. The number of esters is 1. The summed E-state index contributed by atoms with van der Waals surface area (Å²) in [6.07, 6.45) is 0. The van der Waals surface area contributed by atoms with Crippen molar-refractivity contribution in [3.05, 3.63) is 87.1 Å². The van der Waals surface area contributed by atoms with Crippen molar-refractivity contribution in [1.29, 1.82) is 0 Å². The van der Waals surface area contributed by atoms with Crippen molar-refractivity contribution in [1.82, 2.24) is 0 Å². The molecule has 0 aliphatic rings. The van der Waals surface area contributed by atoms with Crippen LogP contribution < -0.4 is 5.32 Å². The largest absolute Gasteiger partial charge is 0.453 e. The average molecular weight is 400 g/mol. The van der Waals surface area contributed by atoms with Gasteiger partial charge in [-0.15, -0.1) is 11.3 Å². The van der Waals surface area contributed by atoms with E-state index in [-0.39, 0.29) is 18.3 Å². The Kier molecular flexibility index (Phi) is 6.01. The summed E-state index contributed by atoms with van der Waals surface area (Å²) < 4.78 is 5.48. The summed E-state index contributed by atoms with van der Waals surface area (Å²) in [7, 11) is 0. The predicted molar refractivity (Wildman–Crippen MR) is 105 cm³/mol. The number of rotatable bonds is 6. The first-order valence-electron chi connectivity index (χ1n) is 7.95. The van der Waals surface area contributed by atoms with E-state index in [0.29, 0.717) is 26.0 Å². The molecule has 0 atom stereocenters. The molecule has 3 aromatic rings. The number of halogens is 1. The molecule has 0 bridgehead atoms. The predicted octanol–water partition coefficient (Wildman–Crippen LogP) is 4.69. The van der Waals surface area contributed by atoms with Crippen LogP contribution in [0.5, 0.6) is 0 Å². The Balaban J connectivity index is 1.55. The number of nitrogens with one attached hydrogen (secondary N) is 1. The van der Waals surface area contributed by atoms with Crippen LogP contribution in [0.25, 0.3) is 0 Å². The fourth-order valence-corrected chi connectivity index (χ4v) is 3.18. The molecule has 0 aliphatic carbocycles. The highest BCUT2D eigenvalue weighted by molar-refractivity contribution is 7.17. The molecule has 0 aliphatic heterocycles. The van der Waals surface area contributed by atoms with Crippen molar-refractivity contribution in [2.45, 2.75) is 0 Å². The van der Waals surface area contributed by atoms with E-state index in [1.54, 1.807) is 60.7 Å². The smallest absolute Gasteiger partial charge is 0.348 e. The summed E-state index contributed by atoms with van der Waals surface area (Å²) in [5.41, 5.74) is 1.48. The van der Waals surface area contributed by atoms with E-state index in [2.05, 4.69) is 5.32 Å². The number of hydrogen-bond donors (Lipinski definition) is 1. The molecule has 0 radical (unpaired) electrons. The van der Waals surface area contributed by atoms with Crippen LogP contribution in [-0.2, 0) is 4.74 Å². The molecule has 1 heterocycles. The van der Waals surface area contributed by atoms with Crippen LogP contribution in [-0.4, -0.2) is 24.3 Å². The highest BCUT2D eigenvalue weighted by Crippen LogP contribution is 2.22. The van der Waals surface area contributed by atoms with Crippen LogP contribution in [0.15, 0.2) is 66.7 Å². The van der Waals surface area contributed by atoms with E-state index in [0.717, 1.165) is 11.3 Å². The minimum Gasteiger partial charge on any atom is -0.453 e. The van der Waals surface area contributed by atoms with Crippen molar-refractivity contribution >= 4 is 46.3 Å². The van der Waals surface area contributed by atoms with Crippen molar-refractivity contribution in [2.75, 3.05) is 11.9 Å². The van der Waals surface area contributed by atoms with Gasteiger partial charge >= 0.3 is 5.97 Å². The lowest BCUT2D eigenvalue weighted by molar-refractivity contribution is 0.0479. The highest BCUT2D eigenvalue weighted by atomic mass is 35.5. The third-order valence-corrected chi connectivity index (χ3v) is 4.82. The number of anilines is 1. The van der Waals surface area contributed by atoms with Gasteiger partial charge in [0.25, 0.3) is 5.91 Å². The lowest BCUT2D eigenvalue weighted by Gasteiger charge is -2.07. The van der Waals surface area contributed by atoms with Crippen molar-refractivity contribution in [3.63, 3.8) is 0 Å². The summed E-state index contributed by atoms with van der Waals surface area (Å²) in [5.74, 6) is -1.17. The summed E-state index contributed by atoms with van der Waals surface area (Å²) in [6, 6.07) is 18.3. The molecule has 0 saturated heterocycles. The third-order valence-electron chi connectivity index (χ3n) is 3.61. The summed E-state index contributed by atoms with van der Waals surface area (Å²) >= 11 is 6.86. The number of amides is 1.